The van der Waals surface area contributed by atoms with Crippen LogP contribution in [0.5, 0.6) is 0 Å². The standard InChI is InChI=1S/C7H13O8P.2C5H5N/c1-4(9)7(5(2)10,6(11)3-8)15-16(12,13)14;2*1-2-4-6-5-3-1/h6,8,11H,3H2,1-2H3,(H2,12,13,14);2*1-5H. The van der Waals surface area contributed by atoms with Crippen LogP contribution in [0.15, 0.2) is 61.2 Å². The SMILES string of the molecule is CC(=O)C(OP(=O)(O)O)(C(C)=O)C(O)CO.c1ccncc1.c1ccncc1. The van der Waals surface area contributed by atoms with Gasteiger partial charge in [0, 0.05) is 24.8 Å². The van der Waals surface area contributed by atoms with Gasteiger partial charge in [0.25, 0.3) is 0 Å². The van der Waals surface area contributed by atoms with Gasteiger partial charge in [-0.25, -0.2) is 4.57 Å². The molecule has 10 nitrogen and oxygen atoms in total. The van der Waals surface area contributed by atoms with Gasteiger partial charge in [-0.1, -0.05) is 12.1 Å². The second kappa shape index (κ2) is 12.9. The highest BCUT2D eigenvalue weighted by Crippen LogP contribution is 2.43. The molecule has 0 aliphatic heterocycles. The van der Waals surface area contributed by atoms with Gasteiger partial charge in [-0.15, -0.1) is 0 Å². The number of rotatable bonds is 6. The Labute approximate surface area is 162 Å². The van der Waals surface area contributed by atoms with Gasteiger partial charge >= 0.3 is 7.82 Å². The molecule has 2 heterocycles. The lowest BCUT2D eigenvalue weighted by atomic mass is 9.89. The summed E-state index contributed by atoms with van der Waals surface area (Å²) < 4.78 is 14.7. The second-order valence-corrected chi connectivity index (χ2v) is 6.34. The number of aliphatic hydroxyl groups is 2. The molecule has 0 radical (unpaired) electrons. The molecule has 0 aliphatic rings. The summed E-state index contributed by atoms with van der Waals surface area (Å²) in [7, 11) is -5.17. The summed E-state index contributed by atoms with van der Waals surface area (Å²) in [6, 6.07) is 11.4. The first kappa shape index (κ1) is 25.7. The van der Waals surface area contributed by atoms with Gasteiger partial charge in [0.05, 0.1) is 6.61 Å². The van der Waals surface area contributed by atoms with Crippen LogP contribution in [0, 0.1) is 0 Å². The maximum Gasteiger partial charge on any atom is 0.471 e. The number of phosphoric acid groups is 1. The van der Waals surface area contributed by atoms with Crippen LogP contribution in [0.1, 0.15) is 13.8 Å². The zero-order valence-electron chi connectivity index (χ0n) is 15.3. The zero-order valence-corrected chi connectivity index (χ0v) is 16.2. The topological polar surface area (TPSA) is 167 Å². The van der Waals surface area contributed by atoms with E-state index in [2.05, 4.69) is 14.5 Å². The zero-order chi connectivity index (χ0) is 21.6. The van der Waals surface area contributed by atoms with E-state index in [1.165, 1.54) is 0 Å². The normalized spacial score (nSPS) is 11.8. The average molecular weight is 414 g/mol. The molecule has 0 spiro atoms. The van der Waals surface area contributed by atoms with Crippen LogP contribution in [0.4, 0.5) is 0 Å². The second-order valence-electron chi connectivity index (χ2n) is 5.18. The van der Waals surface area contributed by atoms with E-state index in [4.69, 9.17) is 14.9 Å². The Morgan fingerprint density at radius 3 is 1.43 bits per heavy atom. The van der Waals surface area contributed by atoms with E-state index in [9.17, 15) is 19.3 Å². The van der Waals surface area contributed by atoms with Crippen LogP contribution in [0.2, 0.25) is 0 Å². The third-order valence-corrected chi connectivity index (χ3v) is 3.61. The number of hydrogen-bond acceptors (Lipinski definition) is 8. The van der Waals surface area contributed by atoms with E-state index < -0.39 is 37.7 Å². The Hall–Kier alpha value is -2.33. The van der Waals surface area contributed by atoms with Crippen molar-refractivity contribution in [3.63, 3.8) is 0 Å². The number of nitrogens with zero attached hydrogens (tertiary/aromatic N) is 2. The van der Waals surface area contributed by atoms with Crippen molar-refractivity contribution in [3.05, 3.63) is 61.2 Å². The molecule has 0 bridgehead atoms. The van der Waals surface area contributed by atoms with Crippen molar-refractivity contribution in [1.29, 1.82) is 0 Å². The van der Waals surface area contributed by atoms with E-state index in [1.807, 2.05) is 36.4 Å². The molecule has 0 aromatic carbocycles. The molecule has 4 N–H and O–H groups in total. The van der Waals surface area contributed by atoms with Gasteiger partial charge in [-0.05, 0) is 38.1 Å². The molecule has 0 aliphatic carbocycles. The first-order valence-corrected chi connectivity index (χ1v) is 9.38. The van der Waals surface area contributed by atoms with Crippen LogP contribution in [0.3, 0.4) is 0 Å². The van der Waals surface area contributed by atoms with Crippen molar-refractivity contribution in [2.45, 2.75) is 25.6 Å². The molecular weight excluding hydrogens is 391 g/mol. The largest absolute Gasteiger partial charge is 0.471 e. The predicted octanol–water partition coefficient (Wildman–Crippen LogP) is 0.529. The Balaban J connectivity index is 0.000000485. The summed E-state index contributed by atoms with van der Waals surface area (Å²) in [5.74, 6) is -2.21. The van der Waals surface area contributed by atoms with E-state index >= 15 is 0 Å². The molecule has 0 saturated carbocycles. The highest BCUT2D eigenvalue weighted by atomic mass is 31.2. The molecule has 154 valence electrons. The van der Waals surface area contributed by atoms with Gasteiger partial charge in [0.2, 0.25) is 5.60 Å². The van der Waals surface area contributed by atoms with Gasteiger partial charge in [0.1, 0.15) is 6.10 Å². The molecule has 1 atom stereocenters. The minimum absolute atomic E-state index is 0.815. The minimum atomic E-state index is -5.17. The maximum atomic E-state index is 11.2. The van der Waals surface area contributed by atoms with Crippen LogP contribution in [-0.4, -0.2) is 59.8 Å². The van der Waals surface area contributed by atoms with Crippen molar-refractivity contribution >= 4 is 19.4 Å². The van der Waals surface area contributed by atoms with Gasteiger partial charge < -0.3 is 20.0 Å². The number of aliphatic hydroxyl groups excluding tert-OH is 2. The molecule has 28 heavy (non-hydrogen) atoms. The first-order valence-electron chi connectivity index (χ1n) is 7.85. The minimum Gasteiger partial charge on any atom is -0.394 e. The number of hydrogen-bond donors (Lipinski definition) is 4. The molecule has 1 unspecified atom stereocenters. The number of aromatic nitrogens is 2. The fraction of sp³-hybridized carbons (Fsp3) is 0.294. The fourth-order valence-corrected chi connectivity index (χ4v) is 2.60. The summed E-state index contributed by atoms with van der Waals surface area (Å²) in [6.45, 7) is 0.574. The van der Waals surface area contributed by atoms with Crippen molar-refractivity contribution < 1.29 is 38.7 Å². The van der Waals surface area contributed by atoms with Crippen LogP contribution in [0.25, 0.3) is 0 Å². The Kier molecular flexibility index (Phi) is 11.9. The number of phosphoric ester groups is 1. The van der Waals surface area contributed by atoms with E-state index in [0.717, 1.165) is 13.8 Å². The number of carbonyl (C=O) groups excluding carboxylic acids is 2. The van der Waals surface area contributed by atoms with Crippen LogP contribution < -0.4 is 0 Å². The third-order valence-electron chi connectivity index (χ3n) is 3.08. The Bertz CT molecular complexity index is 640. The molecule has 2 aromatic heterocycles. The lowest BCUT2D eigenvalue weighted by Gasteiger charge is -2.31. The van der Waals surface area contributed by atoms with Crippen LogP contribution in [-0.2, 0) is 18.7 Å². The summed E-state index contributed by atoms with van der Waals surface area (Å²) in [5, 5.41) is 18.0. The van der Waals surface area contributed by atoms with E-state index in [0.29, 0.717) is 0 Å². The Morgan fingerprint density at radius 1 is 0.929 bits per heavy atom. The fourth-order valence-electron chi connectivity index (χ4n) is 1.85. The van der Waals surface area contributed by atoms with Gasteiger partial charge in [-0.3, -0.25) is 24.1 Å². The highest BCUT2D eigenvalue weighted by Gasteiger charge is 2.52. The highest BCUT2D eigenvalue weighted by molar-refractivity contribution is 7.46. The van der Waals surface area contributed by atoms with Crippen LogP contribution >= 0.6 is 7.82 Å². The van der Waals surface area contributed by atoms with Crippen molar-refractivity contribution in [1.82, 2.24) is 9.97 Å². The number of Topliss-reactive ketones (excluding diaryl/α,β-unsaturated/α-hetero) is 2. The third kappa shape index (κ3) is 9.56. The quantitative estimate of drug-likeness (QED) is 0.386. The number of carbonyl (C=O) groups is 2. The van der Waals surface area contributed by atoms with Gasteiger partial charge in [-0.2, -0.15) is 0 Å². The number of pyridine rings is 2. The molecule has 2 aromatic rings. The summed E-state index contributed by atoms with van der Waals surface area (Å²) in [6.07, 6.45) is 4.95. The molecule has 0 saturated heterocycles. The molecule has 0 fully saturated rings. The predicted molar refractivity (Wildman–Crippen MR) is 98.8 cm³/mol. The summed E-state index contributed by atoms with van der Waals surface area (Å²) in [4.78, 5) is 47.2. The maximum absolute atomic E-state index is 11.2. The van der Waals surface area contributed by atoms with Crippen molar-refractivity contribution in [3.8, 4) is 0 Å². The number of ketones is 2. The van der Waals surface area contributed by atoms with Gasteiger partial charge in [0.15, 0.2) is 11.6 Å². The van der Waals surface area contributed by atoms with E-state index in [1.54, 1.807) is 24.8 Å². The molecule has 2 rings (SSSR count). The molecule has 0 amide bonds. The first-order chi connectivity index (χ1) is 13.1. The average Bonchev–Trinajstić information content (AvgIpc) is 2.68. The molecular formula is C17H23N2O8P. The summed E-state index contributed by atoms with van der Waals surface area (Å²) >= 11 is 0. The smallest absolute Gasteiger partial charge is 0.394 e. The lowest BCUT2D eigenvalue weighted by molar-refractivity contribution is -0.161. The van der Waals surface area contributed by atoms with E-state index in [-0.39, 0.29) is 0 Å². The molecule has 11 heteroatoms. The van der Waals surface area contributed by atoms with Crippen molar-refractivity contribution in [2.75, 3.05) is 6.61 Å². The van der Waals surface area contributed by atoms with Crippen molar-refractivity contribution in [2.24, 2.45) is 0 Å². The monoisotopic (exact) mass is 414 g/mol. The summed E-state index contributed by atoms with van der Waals surface area (Å²) in [5.41, 5.74) is -2.74. The Morgan fingerprint density at radius 2 is 1.29 bits per heavy atom. The lowest BCUT2D eigenvalue weighted by Crippen LogP contribution is -2.57.